The lowest BCUT2D eigenvalue weighted by Gasteiger charge is -2.19. The highest BCUT2D eigenvalue weighted by molar-refractivity contribution is 5.97. The molecule has 2 aromatic carbocycles. The molecule has 0 spiro atoms. The van der Waals surface area contributed by atoms with Crippen LogP contribution in [-0.2, 0) is 0 Å². The molecule has 0 saturated carbocycles. The number of hydrogen-bond acceptors (Lipinski definition) is 2. The highest BCUT2D eigenvalue weighted by Crippen LogP contribution is 2.41. The van der Waals surface area contributed by atoms with Crippen LogP contribution in [0.15, 0.2) is 24.3 Å². The topological polar surface area (TPSA) is 18.5 Å². The average Bonchev–Trinajstić information content (AvgIpc) is 2.62. The minimum Gasteiger partial charge on any atom is -0.488 e. The number of fused-ring (bicyclic) bond motifs is 1. The lowest BCUT2D eigenvalue weighted by molar-refractivity contribution is 0.261. The Morgan fingerprint density at radius 3 is 1.54 bits per heavy atom. The molecule has 0 saturated heterocycles. The molecule has 0 amide bonds. The molecule has 0 atom stereocenters. The second-order valence-electron chi connectivity index (χ2n) is 5.65. The summed E-state index contributed by atoms with van der Waals surface area (Å²) in [5.74, 6) is 6.76. The average molecular weight is 320 g/mol. The van der Waals surface area contributed by atoms with Gasteiger partial charge in [0.25, 0.3) is 0 Å². The van der Waals surface area contributed by atoms with E-state index in [4.69, 9.17) is 22.3 Å². The van der Waals surface area contributed by atoms with Gasteiger partial charge in [-0.25, -0.2) is 0 Å². The molecule has 124 valence electrons. The monoisotopic (exact) mass is 320 g/mol. The number of unbranched alkanes of at least 4 members (excludes halogenated alkanes) is 2. The lowest BCUT2D eigenvalue weighted by Crippen LogP contribution is -2.06. The standard InChI is InChI=1S/C22H24O2/c1-5-9-15-23-21-17(7-3)19-13-11-12-14-20(19)18(8-4)22(21)24-16-10-6-2/h3-4,11-14H,5-6,9-10,15-16H2,1-2H3. The molecule has 24 heavy (non-hydrogen) atoms. The largest absolute Gasteiger partial charge is 0.488 e. The van der Waals surface area contributed by atoms with Gasteiger partial charge in [0.15, 0.2) is 11.5 Å². The van der Waals surface area contributed by atoms with Gasteiger partial charge in [0.1, 0.15) is 0 Å². The van der Waals surface area contributed by atoms with Gasteiger partial charge in [-0.1, -0.05) is 62.8 Å². The van der Waals surface area contributed by atoms with Crippen molar-refractivity contribution in [2.45, 2.75) is 39.5 Å². The number of ether oxygens (including phenoxy) is 2. The highest BCUT2D eigenvalue weighted by atomic mass is 16.5. The molecule has 0 radical (unpaired) electrons. The molecule has 0 aromatic heterocycles. The van der Waals surface area contributed by atoms with Crippen molar-refractivity contribution >= 4 is 10.8 Å². The van der Waals surface area contributed by atoms with E-state index in [0.717, 1.165) is 36.5 Å². The second-order valence-corrected chi connectivity index (χ2v) is 5.65. The maximum absolute atomic E-state index is 6.02. The first-order chi connectivity index (χ1) is 11.8. The highest BCUT2D eigenvalue weighted by Gasteiger charge is 2.20. The maximum atomic E-state index is 6.02. The fourth-order valence-corrected chi connectivity index (χ4v) is 2.59. The first-order valence-electron chi connectivity index (χ1n) is 8.55. The van der Waals surface area contributed by atoms with E-state index >= 15 is 0 Å². The van der Waals surface area contributed by atoms with E-state index in [-0.39, 0.29) is 0 Å². The van der Waals surface area contributed by atoms with E-state index in [1.54, 1.807) is 0 Å². The Kier molecular flexibility index (Phi) is 6.59. The normalized spacial score (nSPS) is 10.2. The summed E-state index contributed by atoms with van der Waals surface area (Å²) in [5, 5.41) is 1.87. The summed E-state index contributed by atoms with van der Waals surface area (Å²) in [6.45, 7) is 5.43. The van der Waals surface area contributed by atoms with E-state index in [2.05, 4.69) is 25.7 Å². The summed E-state index contributed by atoms with van der Waals surface area (Å²) in [6.07, 6.45) is 15.6. The molecule has 0 unspecified atom stereocenters. The summed E-state index contributed by atoms with van der Waals surface area (Å²) < 4.78 is 12.0. The Morgan fingerprint density at radius 1 is 0.792 bits per heavy atom. The molecule has 0 fully saturated rings. The molecule has 0 N–H and O–H groups in total. The Labute approximate surface area is 145 Å². The van der Waals surface area contributed by atoms with Gasteiger partial charge in [-0.05, 0) is 12.8 Å². The number of hydrogen-bond donors (Lipinski definition) is 0. The predicted molar refractivity (Wildman–Crippen MR) is 101 cm³/mol. The van der Waals surface area contributed by atoms with Crippen LogP contribution in [0.25, 0.3) is 10.8 Å². The molecule has 2 heteroatoms. The zero-order chi connectivity index (χ0) is 17.4. The molecular formula is C22H24O2. The fraction of sp³-hybridized carbons (Fsp3) is 0.364. The second kappa shape index (κ2) is 8.90. The number of benzene rings is 2. The van der Waals surface area contributed by atoms with E-state index in [9.17, 15) is 0 Å². The van der Waals surface area contributed by atoms with Gasteiger partial charge in [-0.2, -0.15) is 0 Å². The van der Waals surface area contributed by atoms with Gasteiger partial charge < -0.3 is 9.47 Å². The zero-order valence-electron chi connectivity index (χ0n) is 14.5. The van der Waals surface area contributed by atoms with Crippen LogP contribution in [0.4, 0.5) is 0 Å². The predicted octanol–water partition coefficient (Wildman–Crippen LogP) is 5.16. The Morgan fingerprint density at radius 2 is 1.21 bits per heavy atom. The van der Waals surface area contributed by atoms with Crippen molar-refractivity contribution in [1.29, 1.82) is 0 Å². The van der Waals surface area contributed by atoms with Crippen LogP contribution >= 0.6 is 0 Å². The number of terminal acetylenes is 2. The third-order valence-electron chi connectivity index (χ3n) is 3.90. The van der Waals surface area contributed by atoms with Gasteiger partial charge in [-0.3, -0.25) is 0 Å². The lowest BCUT2D eigenvalue weighted by atomic mass is 9.97. The minimum absolute atomic E-state index is 0.595. The van der Waals surface area contributed by atoms with Crippen LogP contribution in [0.2, 0.25) is 0 Å². The Balaban J connectivity index is 2.64. The summed E-state index contributed by atoms with van der Waals surface area (Å²) >= 11 is 0. The van der Waals surface area contributed by atoms with Crippen LogP contribution in [0.5, 0.6) is 11.5 Å². The molecule has 2 nitrogen and oxygen atoms in total. The molecule has 2 rings (SSSR count). The first kappa shape index (κ1) is 17.8. The van der Waals surface area contributed by atoms with Crippen molar-refractivity contribution in [2.24, 2.45) is 0 Å². The van der Waals surface area contributed by atoms with E-state index in [1.165, 1.54) is 0 Å². The first-order valence-corrected chi connectivity index (χ1v) is 8.55. The van der Waals surface area contributed by atoms with Gasteiger partial charge >= 0.3 is 0 Å². The van der Waals surface area contributed by atoms with E-state index in [1.807, 2.05) is 24.3 Å². The summed E-state index contributed by atoms with van der Waals surface area (Å²) in [4.78, 5) is 0. The number of rotatable bonds is 8. The van der Waals surface area contributed by atoms with Crippen molar-refractivity contribution in [3.05, 3.63) is 35.4 Å². The summed E-state index contributed by atoms with van der Waals surface area (Å²) in [6, 6.07) is 7.87. The van der Waals surface area contributed by atoms with Gasteiger partial charge in [0.05, 0.1) is 24.3 Å². The molecule has 0 bridgehead atoms. The van der Waals surface area contributed by atoms with Crippen LogP contribution < -0.4 is 9.47 Å². The molecule has 0 aliphatic heterocycles. The van der Waals surface area contributed by atoms with E-state index in [0.29, 0.717) is 35.8 Å². The molecule has 0 heterocycles. The van der Waals surface area contributed by atoms with Crippen molar-refractivity contribution in [3.63, 3.8) is 0 Å². The van der Waals surface area contributed by atoms with Crippen LogP contribution in [-0.4, -0.2) is 13.2 Å². The molecule has 2 aromatic rings. The van der Waals surface area contributed by atoms with Crippen LogP contribution in [0.3, 0.4) is 0 Å². The maximum Gasteiger partial charge on any atom is 0.178 e. The fourth-order valence-electron chi connectivity index (χ4n) is 2.59. The minimum atomic E-state index is 0.595. The molecular weight excluding hydrogens is 296 g/mol. The third-order valence-corrected chi connectivity index (χ3v) is 3.90. The van der Waals surface area contributed by atoms with Crippen molar-refractivity contribution < 1.29 is 9.47 Å². The Hall–Kier alpha value is -2.58. The van der Waals surface area contributed by atoms with Crippen LogP contribution in [0.1, 0.15) is 50.7 Å². The van der Waals surface area contributed by atoms with Crippen molar-refractivity contribution in [3.8, 4) is 36.2 Å². The van der Waals surface area contributed by atoms with Gasteiger partial charge in [0.2, 0.25) is 0 Å². The van der Waals surface area contributed by atoms with Crippen molar-refractivity contribution in [2.75, 3.05) is 13.2 Å². The SMILES string of the molecule is C#Cc1c(OCCCC)c(OCCCC)c(C#C)c2ccccc12. The smallest absolute Gasteiger partial charge is 0.178 e. The van der Waals surface area contributed by atoms with Gasteiger partial charge in [-0.15, -0.1) is 12.8 Å². The van der Waals surface area contributed by atoms with Gasteiger partial charge in [0, 0.05) is 10.8 Å². The molecule has 0 aliphatic carbocycles. The quantitative estimate of drug-likeness (QED) is 0.494. The molecule has 0 aliphatic rings. The van der Waals surface area contributed by atoms with Crippen LogP contribution in [0, 0.1) is 24.7 Å². The third kappa shape index (κ3) is 3.66. The van der Waals surface area contributed by atoms with E-state index < -0.39 is 0 Å². The van der Waals surface area contributed by atoms with Crippen molar-refractivity contribution in [1.82, 2.24) is 0 Å². The summed E-state index contributed by atoms with van der Waals surface area (Å²) in [7, 11) is 0. The zero-order valence-corrected chi connectivity index (χ0v) is 14.5. The summed E-state index contributed by atoms with van der Waals surface area (Å²) in [5.41, 5.74) is 1.43. The Bertz CT molecular complexity index is 709.